The van der Waals surface area contributed by atoms with Gasteiger partial charge in [-0.15, -0.1) is 5.10 Å². The number of phenols is 1. The molecular formula is C26H28N8O8S2. The van der Waals surface area contributed by atoms with Crippen molar-refractivity contribution in [1.82, 2.24) is 40.6 Å². The quantitative estimate of drug-likeness (QED) is 0.197. The number of hydrogen-bond acceptors (Lipinski definition) is 12. The van der Waals surface area contributed by atoms with Crippen LogP contribution in [0.25, 0.3) is 0 Å². The van der Waals surface area contributed by atoms with Crippen LogP contribution in [0.15, 0.2) is 40.6 Å². The van der Waals surface area contributed by atoms with Gasteiger partial charge >= 0.3 is 23.8 Å². The Bertz CT molecular complexity index is 1560. The highest BCUT2D eigenvalue weighted by atomic mass is 32.2. The van der Waals surface area contributed by atoms with E-state index in [1.807, 2.05) is 0 Å². The van der Waals surface area contributed by atoms with Crippen molar-refractivity contribution in [1.29, 1.82) is 0 Å². The van der Waals surface area contributed by atoms with E-state index in [0.29, 0.717) is 23.2 Å². The topological polar surface area (TPSA) is 217 Å². The third-order valence-electron chi connectivity index (χ3n) is 7.53. The van der Waals surface area contributed by atoms with Crippen molar-refractivity contribution in [2.45, 2.75) is 29.4 Å². The van der Waals surface area contributed by atoms with E-state index in [2.05, 4.69) is 26.2 Å². The van der Waals surface area contributed by atoms with E-state index >= 15 is 0 Å². The van der Waals surface area contributed by atoms with Gasteiger partial charge in [-0.25, -0.2) is 14.3 Å². The number of aryl methyl sites for hydroxylation is 1. The number of piperazine rings is 1. The Balaban J connectivity index is 1.32. The molecule has 0 bridgehead atoms. The van der Waals surface area contributed by atoms with Gasteiger partial charge in [0.15, 0.2) is 5.78 Å². The second-order valence-corrected chi connectivity index (χ2v) is 12.3. The molecule has 4 N–H and O–H groups in total. The van der Waals surface area contributed by atoms with Gasteiger partial charge in [-0.3, -0.25) is 24.1 Å². The number of amides is 5. The lowest BCUT2D eigenvalue weighted by atomic mass is 9.77. The first-order valence-electron chi connectivity index (χ1n) is 13.5. The normalized spacial score (nSPS) is 22.3. The number of carbonyl (C=O) groups is 6. The highest BCUT2D eigenvalue weighted by molar-refractivity contribution is 8.00. The van der Waals surface area contributed by atoms with Crippen molar-refractivity contribution in [3.05, 3.63) is 41.0 Å². The van der Waals surface area contributed by atoms with Crippen molar-refractivity contribution >= 4 is 59.0 Å². The number of nitrogens with zero attached hydrogens (tertiary/aromatic N) is 6. The van der Waals surface area contributed by atoms with Crippen LogP contribution in [-0.4, -0.2) is 118 Å². The average molecular weight is 645 g/mol. The van der Waals surface area contributed by atoms with Gasteiger partial charge in [0, 0.05) is 55.3 Å². The number of fused-ring (bicyclic) bond motifs is 1. The van der Waals surface area contributed by atoms with Crippen LogP contribution >= 0.6 is 23.5 Å². The molecule has 4 atom stereocenters. The summed E-state index contributed by atoms with van der Waals surface area (Å²) in [4.78, 5) is 79.1. The molecule has 1 aliphatic carbocycles. The maximum absolute atomic E-state index is 13.6. The predicted octanol–water partition coefficient (Wildman–Crippen LogP) is -0.670. The van der Waals surface area contributed by atoms with Gasteiger partial charge in [0.2, 0.25) is 11.1 Å². The number of tetrazole rings is 1. The molecule has 0 radical (unpaired) electrons. The van der Waals surface area contributed by atoms with E-state index < -0.39 is 58.8 Å². The molecule has 1 aromatic heterocycles. The lowest BCUT2D eigenvalue weighted by Crippen LogP contribution is -2.63. The third-order valence-corrected chi connectivity index (χ3v) is 10.2. The number of hydrogen-bond donors (Lipinski definition) is 4. The van der Waals surface area contributed by atoms with Crippen LogP contribution in [-0.2, 0) is 31.0 Å². The molecule has 232 valence electrons. The Morgan fingerprint density at radius 3 is 2.50 bits per heavy atom. The first-order valence-corrected chi connectivity index (χ1v) is 15.5. The summed E-state index contributed by atoms with van der Waals surface area (Å²) in [7, 11) is 1.66. The van der Waals surface area contributed by atoms with Crippen LogP contribution in [0.2, 0.25) is 0 Å². The number of nitrogens with one attached hydrogen (secondary N) is 2. The van der Waals surface area contributed by atoms with Gasteiger partial charge in [-0.2, -0.15) is 11.8 Å². The summed E-state index contributed by atoms with van der Waals surface area (Å²) in [5.74, 6) is -4.31. The maximum atomic E-state index is 13.6. The molecule has 2 aliphatic heterocycles. The number of carboxylic acids is 1. The van der Waals surface area contributed by atoms with Crippen molar-refractivity contribution in [3.8, 4) is 5.75 Å². The molecule has 3 aliphatic rings. The number of likely N-dealkylation sites (N-methyl/N-ethyl adjacent to an activating group) is 1. The van der Waals surface area contributed by atoms with Gasteiger partial charge in [0.1, 0.15) is 17.8 Å². The minimum atomic E-state index is -1.41. The first kappa shape index (κ1) is 31.0. The van der Waals surface area contributed by atoms with Crippen molar-refractivity contribution in [2.24, 2.45) is 13.0 Å². The monoisotopic (exact) mass is 644 g/mol. The van der Waals surface area contributed by atoms with Crippen LogP contribution < -0.4 is 10.6 Å². The van der Waals surface area contributed by atoms with E-state index in [1.165, 1.54) is 57.4 Å². The van der Waals surface area contributed by atoms with Gasteiger partial charge in [-0.1, -0.05) is 23.9 Å². The number of phenolic OH excluding ortho intramolecular Hbond substituents is 1. The van der Waals surface area contributed by atoms with Crippen molar-refractivity contribution in [2.75, 3.05) is 31.1 Å². The molecule has 2 aromatic rings. The number of imide groups is 1. The number of aromatic hydroxyl groups is 1. The predicted molar refractivity (Wildman–Crippen MR) is 154 cm³/mol. The Kier molecular flexibility index (Phi) is 8.91. The Hall–Kier alpha value is -4.45. The number of Topliss-reactive ketones (excluding diaryl/α,β-unsaturated/α-hetero) is 1. The van der Waals surface area contributed by atoms with Crippen LogP contribution in [0.4, 0.5) is 4.79 Å². The molecule has 3 heterocycles. The molecule has 1 saturated heterocycles. The molecule has 44 heavy (non-hydrogen) atoms. The summed E-state index contributed by atoms with van der Waals surface area (Å²) in [5.41, 5.74) is 0.355. The summed E-state index contributed by atoms with van der Waals surface area (Å²) in [5, 5.41) is 35.9. The molecule has 1 aromatic carbocycles. The smallest absolute Gasteiger partial charge is 0.332 e. The fourth-order valence-electron chi connectivity index (χ4n) is 5.16. The second-order valence-electron chi connectivity index (χ2n) is 10.1. The van der Waals surface area contributed by atoms with Gasteiger partial charge < -0.3 is 25.7 Å². The molecule has 1 saturated carbocycles. The number of aromatic nitrogens is 4. The third kappa shape index (κ3) is 5.86. The SMILES string of the molecule is CCN1CCN(C(=O)N[C@@H](C(=O)N[C@@H]2C(=O)C3=C(C(=O)O)C(CSc4nnnn4C)CSC32)c2ccc(O)cc2)C(=O)C1=O. The van der Waals surface area contributed by atoms with Crippen molar-refractivity contribution in [3.63, 3.8) is 0 Å². The summed E-state index contributed by atoms with van der Waals surface area (Å²) in [6.07, 6.45) is 0. The van der Waals surface area contributed by atoms with Crippen LogP contribution in [0.5, 0.6) is 5.75 Å². The van der Waals surface area contributed by atoms with E-state index in [4.69, 9.17) is 0 Å². The number of carbonyl (C=O) groups excluding carboxylic acids is 5. The highest BCUT2D eigenvalue weighted by Gasteiger charge is 2.53. The Morgan fingerprint density at radius 1 is 1.14 bits per heavy atom. The van der Waals surface area contributed by atoms with E-state index in [1.54, 1.807) is 14.0 Å². The van der Waals surface area contributed by atoms with Crippen LogP contribution in [0.1, 0.15) is 18.5 Å². The standard InChI is InChI=1S/C26H28N8O8S2/c1-3-33-8-9-34(23(39)22(33)38)25(42)28-17(12-4-6-14(35)7-5-12)21(37)27-18-19(36)16-15(24(40)41)13(10-43-20(16)18)11-44-26-29-30-31-32(26)2/h4-7,13,17-18,20,35H,3,8-11H2,1-2H3,(H,27,37)(H,28,42)(H,40,41)/t13?,17-,18-,20?/m1/s1. The lowest BCUT2D eigenvalue weighted by Gasteiger charge is -2.43. The van der Waals surface area contributed by atoms with Crippen LogP contribution in [0, 0.1) is 5.92 Å². The van der Waals surface area contributed by atoms with E-state index in [9.17, 15) is 39.0 Å². The number of rotatable bonds is 9. The number of urea groups is 1. The molecule has 5 amide bonds. The molecule has 0 spiro atoms. The fourth-order valence-corrected chi connectivity index (χ4v) is 7.78. The molecule has 2 unspecified atom stereocenters. The summed E-state index contributed by atoms with van der Waals surface area (Å²) < 4.78 is 1.46. The molecule has 16 nitrogen and oxygen atoms in total. The first-order chi connectivity index (χ1) is 21.0. The molecular weight excluding hydrogens is 616 g/mol. The summed E-state index contributed by atoms with van der Waals surface area (Å²) in [6, 6.07) is 1.94. The van der Waals surface area contributed by atoms with Gasteiger partial charge in [-0.05, 0) is 35.0 Å². The van der Waals surface area contributed by atoms with Crippen molar-refractivity contribution < 1.29 is 39.0 Å². The maximum Gasteiger partial charge on any atom is 0.332 e. The van der Waals surface area contributed by atoms with E-state index in [0.717, 1.165) is 4.90 Å². The molecule has 2 fully saturated rings. The number of thioether (sulfide) groups is 2. The molecule has 5 rings (SSSR count). The number of ketones is 1. The zero-order valence-electron chi connectivity index (χ0n) is 23.5. The molecule has 18 heteroatoms. The van der Waals surface area contributed by atoms with Crippen LogP contribution in [0.3, 0.4) is 0 Å². The Labute approximate surface area is 258 Å². The number of aliphatic carboxylic acids is 1. The average Bonchev–Trinajstić information content (AvgIpc) is 3.42. The lowest BCUT2D eigenvalue weighted by molar-refractivity contribution is -0.153. The zero-order chi connectivity index (χ0) is 31.7. The van der Waals surface area contributed by atoms with Gasteiger partial charge in [0.05, 0.1) is 5.25 Å². The Morgan fingerprint density at radius 2 is 1.86 bits per heavy atom. The second kappa shape index (κ2) is 12.7. The fraction of sp³-hybridized carbons (Fsp3) is 0.423. The zero-order valence-corrected chi connectivity index (χ0v) is 25.1. The number of carboxylic acid groups (broad SMARTS) is 1. The summed E-state index contributed by atoms with van der Waals surface area (Å²) >= 11 is 2.61. The van der Waals surface area contributed by atoms with Gasteiger partial charge in [0.25, 0.3) is 0 Å². The minimum absolute atomic E-state index is 0.00957. The highest BCUT2D eigenvalue weighted by Crippen LogP contribution is 2.45. The van der Waals surface area contributed by atoms with E-state index in [-0.39, 0.29) is 35.5 Å². The minimum Gasteiger partial charge on any atom is -0.508 e. The largest absolute Gasteiger partial charge is 0.508 e. The summed E-state index contributed by atoms with van der Waals surface area (Å²) in [6.45, 7) is 2.06. The number of benzene rings is 1.